The van der Waals surface area contributed by atoms with Crippen molar-refractivity contribution in [2.45, 2.75) is 0 Å². The van der Waals surface area contributed by atoms with Gasteiger partial charge in [0.05, 0.1) is 5.69 Å². The summed E-state index contributed by atoms with van der Waals surface area (Å²) < 4.78 is 0. The summed E-state index contributed by atoms with van der Waals surface area (Å²) >= 11 is 0. The van der Waals surface area contributed by atoms with Crippen molar-refractivity contribution in [3.8, 4) is 44.5 Å². The Morgan fingerprint density at radius 3 is 1.49 bits per heavy atom. The highest BCUT2D eigenvalue weighted by Crippen LogP contribution is 2.49. The number of nitrogens with zero attached hydrogens (tertiary/aromatic N) is 1. The van der Waals surface area contributed by atoms with Crippen LogP contribution in [0.4, 0.5) is 17.1 Å². The quantitative estimate of drug-likeness (QED) is 0.147. The van der Waals surface area contributed by atoms with Crippen molar-refractivity contribution in [2.75, 3.05) is 4.90 Å². The Morgan fingerprint density at radius 1 is 0.237 bits per heavy atom. The first-order valence-electron chi connectivity index (χ1n) is 20.3. The van der Waals surface area contributed by atoms with E-state index in [0.717, 1.165) is 17.1 Å². The summed E-state index contributed by atoms with van der Waals surface area (Å²) in [5.74, 6) is 0. The van der Waals surface area contributed by atoms with Crippen LogP contribution in [0.3, 0.4) is 0 Å². The minimum Gasteiger partial charge on any atom is -0.310 e. The Morgan fingerprint density at radius 2 is 0.746 bits per heavy atom. The number of hydrogen-bond acceptors (Lipinski definition) is 1. The second-order valence-corrected chi connectivity index (χ2v) is 15.3. The van der Waals surface area contributed by atoms with Crippen molar-refractivity contribution in [1.29, 1.82) is 0 Å². The summed E-state index contributed by atoms with van der Waals surface area (Å²) in [6.07, 6.45) is 0. The van der Waals surface area contributed by atoms with Crippen LogP contribution < -0.4 is 4.90 Å². The lowest BCUT2D eigenvalue weighted by Crippen LogP contribution is -2.12. The van der Waals surface area contributed by atoms with Crippen molar-refractivity contribution in [3.05, 3.63) is 237 Å². The molecule has 1 nitrogen and oxygen atoms in total. The molecular formula is C58H39N. The van der Waals surface area contributed by atoms with E-state index in [0.29, 0.717) is 0 Å². The molecule has 0 aromatic heterocycles. The summed E-state index contributed by atoms with van der Waals surface area (Å²) in [4.78, 5) is 2.45. The maximum atomic E-state index is 2.45. The number of benzene rings is 11. The lowest BCUT2D eigenvalue weighted by molar-refractivity contribution is 1.28. The van der Waals surface area contributed by atoms with Gasteiger partial charge in [0.15, 0.2) is 0 Å². The molecule has 0 spiro atoms. The van der Waals surface area contributed by atoms with Gasteiger partial charge in [-0.25, -0.2) is 0 Å². The molecule has 11 aromatic rings. The van der Waals surface area contributed by atoms with Gasteiger partial charge < -0.3 is 4.90 Å². The van der Waals surface area contributed by atoms with E-state index >= 15 is 0 Å². The average molecular weight is 750 g/mol. The van der Waals surface area contributed by atoms with Gasteiger partial charge in [-0.3, -0.25) is 0 Å². The molecule has 0 N–H and O–H groups in total. The molecule has 0 aliphatic rings. The van der Waals surface area contributed by atoms with Crippen LogP contribution >= 0.6 is 0 Å². The fourth-order valence-electron chi connectivity index (χ4n) is 8.99. The van der Waals surface area contributed by atoms with Crippen LogP contribution in [-0.2, 0) is 0 Å². The molecule has 0 amide bonds. The predicted octanol–water partition coefficient (Wildman–Crippen LogP) is 16.4. The number of hydrogen-bond donors (Lipinski definition) is 0. The van der Waals surface area contributed by atoms with E-state index < -0.39 is 0 Å². The summed E-state index contributed by atoms with van der Waals surface area (Å²) in [6, 6.07) is 86.5. The number of fused-ring (bicyclic) bond motifs is 5. The molecule has 0 fully saturated rings. The fraction of sp³-hybridized carbons (Fsp3) is 0. The normalized spacial score (nSPS) is 11.4. The maximum absolute atomic E-state index is 2.45. The second-order valence-electron chi connectivity index (χ2n) is 15.3. The Balaban J connectivity index is 1.18. The molecule has 1 heteroatoms. The van der Waals surface area contributed by atoms with Gasteiger partial charge in [-0.2, -0.15) is 0 Å². The fourth-order valence-corrected chi connectivity index (χ4v) is 8.99. The van der Waals surface area contributed by atoms with Gasteiger partial charge in [-0.1, -0.05) is 194 Å². The van der Waals surface area contributed by atoms with Gasteiger partial charge in [0.2, 0.25) is 0 Å². The second kappa shape index (κ2) is 14.6. The van der Waals surface area contributed by atoms with E-state index in [4.69, 9.17) is 0 Å². The first-order chi connectivity index (χ1) is 29.3. The molecule has 276 valence electrons. The molecule has 0 bridgehead atoms. The van der Waals surface area contributed by atoms with Crippen molar-refractivity contribution in [2.24, 2.45) is 0 Å². The third kappa shape index (κ3) is 6.21. The zero-order valence-electron chi connectivity index (χ0n) is 32.5. The minimum absolute atomic E-state index is 1.09. The van der Waals surface area contributed by atoms with Gasteiger partial charge in [0.1, 0.15) is 0 Å². The SMILES string of the molecule is c1ccc(-c2ccc(N(c3ccc(-c4ccc5ccccc5c4)cc3)c3cccc(-c4cccc5ccccc45)c3-c3cc4ccccc4c4ccccc34)cc2)cc1. The third-order valence-corrected chi connectivity index (χ3v) is 11.8. The van der Waals surface area contributed by atoms with Crippen LogP contribution in [0.15, 0.2) is 237 Å². The van der Waals surface area contributed by atoms with Crippen molar-refractivity contribution < 1.29 is 0 Å². The Hall–Kier alpha value is -7.74. The van der Waals surface area contributed by atoms with E-state index in [9.17, 15) is 0 Å². The van der Waals surface area contributed by atoms with Gasteiger partial charge in [-0.05, 0) is 124 Å². The summed E-state index contributed by atoms with van der Waals surface area (Å²) in [6.45, 7) is 0. The highest BCUT2D eigenvalue weighted by molar-refractivity contribution is 6.17. The zero-order valence-corrected chi connectivity index (χ0v) is 32.5. The monoisotopic (exact) mass is 749 g/mol. The van der Waals surface area contributed by atoms with Crippen molar-refractivity contribution in [1.82, 2.24) is 0 Å². The minimum atomic E-state index is 1.09. The Bertz CT molecular complexity index is 3300. The summed E-state index contributed by atoms with van der Waals surface area (Å²) in [5.41, 5.74) is 12.9. The number of rotatable bonds is 7. The summed E-state index contributed by atoms with van der Waals surface area (Å²) in [7, 11) is 0. The Kier molecular flexibility index (Phi) is 8.56. The zero-order chi connectivity index (χ0) is 39.1. The molecule has 59 heavy (non-hydrogen) atoms. The first-order valence-corrected chi connectivity index (χ1v) is 20.3. The average Bonchev–Trinajstić information content (AvgIpc) is 3.32. The highest BCUT2D eigenvalue weighted by Gasteiger charge is 2.23. The van der Waals surface area contributed by atoms with Gasteiger partial charge >= 0.3 is 0 Å². The van der Waals surface area contributed by atoms with E-state index in [2.05, 4.69) is 241 Å². The van der Waals surface area contributed by atoms with Crippen LogP contribution in [0, 0.1) is 0 Å². The molecule has 0 unspecified atom stereocenters. The standard InChI is InChI=1S/C58H39N/c1-2-14-40(15-3-1)42-30-34-48(35-31-42)59(49-36-32-43(33-37-49)46-29-28-41-16-4-5-18-45(41)38-46)57-27-13-26-55(53-25-12-20-44-17-6-8-21-50(44)53)58(57)56-39-47-19-7-9-22-51(47)52-23-10-11-24-54(52)56/h1-39H. The lowest BCUT2D eigenvalue weighted by atomic mass is 9.86. The van der Waals surface area contributed by atoms with Gasteiger partial charge in [-0.15, -0.1) is 0 Å². The molecule has 0 aliphatic carbocycles. The van der Waals surface area contributed by atoms with E-state index in [1.165, 1.54) is 87.6 Å². The van der Waals surface area contributed by atoms with Gasteiger partial charge in [0.25, 0.3) is 0 Å². The molecule has 0 radical (unpaired) electrons. The van der Waals surface area contributed by atoms with E-state index in [-0.39, 0.29) is 0 Å². The van der Waals surface area contributed by atoms with Crippen LogP contribution in [0.1, 0.15) is 0 Å². The maximum Gasteiger partial charge on any atom is 0.0546 e. The topological polar surface area (TPSA) is 3.24 Å². The molecule has 0 saturated carbocycles. The summed E-state index contributed by atoms with van der Waals surface area (Å²) in [5, 5.41) is 9.90. The number of anilines is 3. The molecule has 11 aromatic carbocycles. The smallest absolute Gasteiger partial charge is 0.0546 e. The molecule has 0 saturated heterocycles. The molecule has 11 rings (SSSR count). The van der Waals surface area contributed by atoms with E-state index in [1.54, 1.807) is 0 Å². The predicted molar refractivity (Wildman–Crippen MR) is 253 cm³/mol. The lowest BCUT2D eigenvalue weighted by Gasteiger charge is -2.30. The highest BCUT2D eigenvalue weighted by atomic mass is 15.1. The van der Waals surface area contributed by atoms with Crippen LogP contribution in [-0.4, -0.2) is 0 Å². The molecule has 0 heterocycles. The first kappa shape index (κ1) is 34.5. The third-order valence-electron chi connectivity index (χ3n) is 11.8. The van der Waals surface area contributed by atoms with Crippen LogP contribution in [0.5, 0.6) is 0 Å². The Labute approximate surface area is 344 Å². The molecular weight excluding hydrogens is 711 g/mol. The van der Waals surface area contributed by atoms with Crippen LogP contribution in [0.25, 0.3) is 87.6 Å². The molecule has 0 aliphatic heterocycles. The molecule has 0 atom stereocenters. The van der Waals surface area contributed by atoms with Crippen molar-refractivity contribution >= 4 is 60.2 Å². The van der Waals surface area contributed by atoms with Crippen LogP contribution in [0.2, 0.25) is 0 Å². The van der Waals surface area contributed by atoms with Crippen molar-refractivity contribution in [3.63, 3.8) is 0 Å². The largest absolute Gasteiger partial charge is 0.310 e. The van der Waals surface area contributed by atoms with Gasteiger partial charge in [0, 0.05) is 16.9 Å². The van der Waals surface area contributed by atoms with E-state index in [1.807, 2.05) is 0 Å².